The Morgan fingerprint density at radius 1 is 1.56 bits per heavy atom. The molecule has 1 heterocycles. The number of ether oxygens (including phenoxy) is 1. The van der Waals surface area contributed by atoms with Crippen molar-refractivity contribution in [2.45, 2.75) is 26.7 Å². The summed E-state index contributed by atoms with van der Waals surface area (Å²) in [7, 11) is 0. The maximum absolute atomic E-state index is 11.6. The van der Waals surface area contributed by atoms with Crippen LogP contribution in [-0.2, 0) is 4.74 Å². The summed E-state index contributed by atoms with van der Waals surface area (Å²) in [6.07, 6.45) is 1.79. The van der Waals surface area contributed by atoms with Gasteiger partial charge in [-0.3, -0.25) is 4.79 Å². The van der Waals surface area contributed by atoms with Crippen molar-refractivity contribution in [1.29, 1.82) is 0 Å². The highest BCUT2D eigenvalue weighted by molar-refractivity contribution is 9.10. The second-order valence-electron chi connectivity index (χ2n) is 3.49. The van der Waals surface area contributed by atoms with Gasteiger partial charge in [-0.25, -0.2) is 4.79 Å². The van der Waals surface area contributed by atoms with Gasteiger partial charge in [0.1, 0.15) is 5.69 Å². The third-order valence-electron chi connectivity index (χ3n) is 2.13. The number of aromatic nitrogens is 1. The molecule has 0 aliphatic carbocycles. The minimum Gasteiger partial charge on any atom is -0.461 e. The molecule has 1 aromatic heterocycles. The second kappa shape index (κ2) is 5.84. The molecule has 0 atom stereocenters. The number of halogens is 1. The van der Waals surface area contributed by atoms with Crippen molar-refractivity contribution >= 4 is 21.9 Å². The van der Waals surface area contributed by atoms with E-state index in [1.54, 1.807) is 13.0 Å². The van der Waals surface area contributed by atoms with E-state index in [1.807, 2.05) is 6.92 Å². The summed E-state index contributed by atoms with van der Waals surface area (Å²) in [5.74, 6) is -0.476. The number of carbonyl (C=O) groups is 1. The van der Waals surface area contributed by atoms with E-state index in [-0.39, 0.29) is 11.3 Å². The summed E-state index contributed by atoms with van der Waals surface area (Å²) >= 11 is 3.10. The molecule has 1 rings (SSSR count). The first-order valence-corrected chi connectivity index (χ1v) is 5.92. The normalized spacial score (nSPS) is 10.2. The number of carbonyl (C=O) groups excluding carboxylic acids is 1. The summed E-state index contributed by atoms with van der Waals surface area (Å²) in [4.78, 5) is 25.4. The van der Waals surface area contributed by atoms with Crippen LogP contribution in [0, 0.1) is 6.92 Å². The highest BCUT2D eigenvalue weighted by atomic mass is 79.9. The van der Waals surface area contributed by atoms with Gasteiger partial charge < -0.3 is 9.72 Å². The Morgan fingerprint density at radius 3 is 2.88 bits per heavy atom. The zero-order valence-electron chi connectivity index (χ0n) is 9.30. The molecule has 5 heteroatoms. The first-order chi connectivity index (χ1) is 7.56. The Morgan fingerprint density at radius 2 is 2.25 bits per heavy atom. The molecular formula is C11H14BrNO3. The van der Waals surface area contributed by atoms with Crippen molar-refractivity contribution in [2.24, 2.45) is 0 Å². The number of aromatic amines is 1. The first-order valence-electron chi connectivity index (χ1n) is 5.12. The second-order valence-corrected chi connectivity index (χ2v) is 4.35. The third-order valence-corrected chi connectivity index (χ3v) is 2.72. The van der Waals surface area contributed by atoms with Crippen LogP contribution in [0.3, 0.4) is 0 Å². The third kappa shape index (κ3) is 3.20. The van der Waals surface area contributed by atoms with Crippen molar-refractivity contribution < 1.29 is 9.53 Å². The number of H-pyrrole nitrogens is 1. The number of pyridine rings is 1. The molecule has 0 aromatic carbocycles. The molecule has 0 spiro atoms. The van der Waals surface area contributed by atoms with Gasteiger partial charge in [-0.2, -0.15) is 0 Å². The van der Waals surface area contributed by atoms with Crippen LogP contribution in [0.2, 0.25) is 0 Å². The fourth-order valence-corrected chi connectivity index (χ4v) is 1.64. The van der Waals surface area contributed by atoms with E-state index in [9.17, 15) is 9.59 Å². The number of hydrogen-bond acceptors (Lipinski definition) is 3. The lowest BCUT2D eigenvalue weighted by Gasteiger charge is -2.06. The van der Waals surface area contributed by atoms with Gasteiger partial charge in [0.25, 0.3) is 5.56 Å². The predicted octanol–water partition coefficient (Wildman–Crippen LogP) is 2.40. The van der Waals surface area contributed by atoms with Crippen LogP contribution in [-0.4, -0.2) is 17.6 Å². The van der Waals surface area contributed by atoms with Crippen LogP contribution >= 0.6 is 15.9 Å². The summed E-state index contributed by atoms with van der Waals surface area (Å²) in [5, 5.41) is 0. The monoisotopic (exact) mass is 287 g/mol. The molecule has 0 aliphatic heterocycles. The van der Waals surface area contributed by atoms with E-state index in [2.05, 4.69) is 20.9 Å². The average Bonchev–Trinajstić information content (AvgIpc) is 2.23. The molecule has 0 saturated carbocycles. The molecule has 88 valence electrons. The van der Waals surface area contributed by atoms with E-state index in [0.29, 0.717) is 16.6 Å². The van der Waals surface area contributed by atoms with Crippen LogP contribution in [0.5, 0.6) is 0 Å². The van der Waals surface area contributed by atoms with Gasteiger partial charge in [0, 0.05) is 0 Å². The van der Waals surface area contributed by atoms with Gasteiger partial charge in [-0.05, 0) is 40.9 Å². The Kier molecular flexibility index (Phi) is 4.73. The van der Waals surface area contributed by atoms with Crippen LogP contribution in [0.4, 0.5) is 0 Å². The van der Waals surface area contributed by atoms with Gasteiger partial charge in [-0.15, -0.1) is 0 Å². The Balaban J connectivity index is 2.83. The number of unbranched alkanes of at least 4 members (excludes halogenated alkanes) is 1. The molecule has 0 saturated heterocycles. The number of aryl methyl sites for hydroxylation is 1. The molecule has 16 heavy (non-hydrogen) atoms. The van der Waals surface area contributed by atoms with Crippen molar-refractivity contribution in [3.63, 3.8) is 0 Å². The SMILES string of the molecule is CCCCOC(=O)c1[nH]c(=O)c(Br)cc1C. The van der Waals surface area contributed by atoms with Gasteiger partial charge in [0.15, 0.2) is 0 Å². The minimum atomic E-state index is -0.476. The number of rotatable bonds is 4. The first kappa shape index (κ1) is 13.0. The lowest BCUT2D eigenvalue weighted by Crippen LogP contribution is -2.17. The molecule has 0 aliphatic rings. The molecule has 0 unspecified atom stereocenters. The molecule has 1 aromatic rings. The standard InChI is InChI=1S/C11H14BrNO3/c1-3-4-5-16-11(15)9-7(2)6-8(12)10(14)13-9/h6H,3-5H2,1-2H3,(H,13,14). The number of esters is 1. The molecule has 4 nitrogen and oxygen atoms in total. The quantitative estimate of drug-likeness (QED) is 0.683. The zero-order valence-corrected chi connectivity index (χ0v) is 10.9. The Hall–Kier alpha value is -1.10. The van der Waals surface area contributed by atoms with Crippen LogP contribution in [0.15, 0.2) is 15.3 Å². The fraction of sp³-hybridized carbons (Fsp3) is 0.455. The minimum absolute atomic E-state index is 0.226. The molecule has 0 radical (unpaired) electrons. The lowest BCUT2D eigenvalue weighted by molar-refractivity contribution is 0.0491. The maximum atomic E-state index is 11.6. The van der Waals surface area contributed by atoms with E-state index in [0.717, 1.165) is 12.8 Å². The van der Waals surface area contributed by atoms with Gasteiger partial charge >= 0.3 is 5.97 Å². The highest BCUT2D eigenvalue weighted by Gasteiger charge is 2.12. The van der Waals surface area contributed by atoms with E-state index in [1.165, 1.54) is 0 Å². The van der Waals surface area contributed by atoms with Crippen molar-refractivity contribution in [3.05, 3.63) is 32.2 Å². The molecule has 0 fully saturated rings. The predicted molar refractivity (Wildman–Crippen MR) is 64.7 cm³/mol. The largest absolute Gasteiger partial charge is 0.461 e. The van der Waals surface area contributed by atoms with Gasteiger partial charge in [0.2, 0.25) is 0 Å². The summed E-state index contributed by atoms with van der Waals surface area (Å²) in [5.41, 5.74) is 0.588. The molecular weight excluding hydrogens is 274 g/mol. The number of hydrogen-bond donors (Lipinski definition) is 1. The van der Waals surface area contributed by atoms with Crippen LogP contribution in [0.25, 0.3) is 0 Å². The molecule has 0 amide bonds. The Labute approximate surface area is 102 Å². The molecule has 0 bridgehead atoms. The van der Waals surface area contributed by atoms with Gasteiger partial charge in [-0.1, -0.05) is 13.3 Å². The van der Waals surface area contributed by atoms with Crippen molar-refractivity contribution in [2.75, 3.05) is 6.61 Å². The van der Waals surface area contributed by atoms with E-state index >= 15 is 0 Å². The van der Waals surface area contributed by atoms with Crippen LogP contribution < -0.4 is 5.56 Å². The highest BCUT2D eigenvalue weighted by Crippen LogP contribution is 2.10. The smallest absolute Gasteiger partial charge is 0.355 e. The molecule has 1 N–H and O–H groups in total. The average molecular weight is 288 g/mol. The number of nitrogens with one attached hydrogen (secondary N) is 1. The van der Waals surface area contributed by atoms with E-state index in [4.69, 9.17) is 4.74 Å². The van der Waals surface area contributed by atoms with Gasteiger partial charge in [0.05, 0.1) is 11.1 Å². The topological polar surface area (TPSA) is 59.2 Å². The maximum Gasteiger partial charge on any atom is 0.355 e. The zero-order chi connectivity index (χ0) is 12.1. The Bertz CT molecular complexity index is 439. The summed E-state index contributed by atoms with van der Waals surface area (Å²) < 4.78 is 5.43. The summed E-state index contributed by atoms with van der Waals surface area (Å²) in [6, 6.07) is 1.61. The van der Waals surface area contributed by atoms with Crippen molar-refractivity contribution in [3.8, 4) is 0 Å². The summed E-state index contributed by atoms with van der Waals surface area (Å²) in [6.45, 7) is 4.14. The fourth-order valence-electron chi connectivity index (χ4n) is 1.19. The van der Waals surface area contributed by atoms with E-state index < -0.39 is 5.97 Å². The lowest BCUT2D eigenvalue weighted by atomic mass is 10.2. The van der Waals surface area contributed by atoms with Crippen LogP contribution in [0.1, 0.15) is 35.8 Å². The van der Waals surface area contributed by atoms with Crippen molar-refractivity contribution in [1.82, 2.24) is 4.98 Å².